The zero-order valence-corrected chi connectivity index (χ0v) is 14.2. The van der Waals surface area contributed by atoms with Crippen LogP contribution in [0.5, 0.6) is 0 Å². The smallest absolute Gasteiger partial charge is 0.328 e. The standard InChI is InChI=1S/C16H25N3O5/c1-16(5-7-17-8-6-16)14(21)24-11-12(23-2)3-9-19-10-4-13(20)18-15(19)22/h4,10,12,17H,3,5-9,11H2,1-2H3,(H,18,20,22). The molecular weight excluding hydrogens is 314 g/mol. The fourth-order valence-corrected chi connectivity index (χ4v) is 2.70. The second-order valence-electron chi connectivity index (χ2n) is 6.36. The van der Waals surface area contributed by atoms with E-state index in [2.05, 4.69) is 10.3 Å². The van der Waals surface area contributed by atoms with E-state index >= 15 is 0 Å². The molecule has 2 heterocycles. The van der Waals surface area contributed by atoms with Crippen molar-refractivity contribution in [1.82, 2.24) is 14.9 Å². The van der Waals surface area contributed by atoms with E-state index in [1.165, 1.54) is 16.8 Å². The quantitative estimate of drug-likeness (QED) is 0.671. The van der Waals surface area contributed by atoms with Gasteiger partial charge in [-0.25, -0.2) is 4.79 Å². The lowest BCUT2D eigenvalue weighted by Crippen LogP contribution is -2.41. The van der Waals surface area contributed by atoms with Gasteiger partial charge in [0, 0.05) is 25.9 Å². The fourth-order valence-electron chi connectivity index (χ4n) is 2.70. The molecule has 2 rings (SSSR count). The van der Waals surface area contributed by atoms with Gasteiger partial charge in [-0.15, -0.1) is 0 Å². The van der Waals surface area contributed by atoms with Gasteiger partial charge in [-0.2, -0.15) is 0 Å². The molecule has 24 heavy (non-hydrogen) atoms. The predicted molar refractivity (Wildman–Crippen MR) is 87.9 cm³/mol. The third-order valence-electron chi connectivity index (χ3n) is 4.52. The van der Waals surface area contributed by atoms with Crippen LogP contribution in [0.3, 0.4) is 0 Å². The maximum atomic E-state index is 12.3. The average molecular weight is 339 g/mol. The molecule has 0 saturated carbocycles. The van der Waals surface area contributed by atoms with Crippen molar-refractivity contribution in [2.45, 2.75) is 38.8 Å². The molecule has 8 nitrogen and oxygen atoms in total. The summed E-state index contributed by atoms with van der Waals surface area (Å²) >= 11 is 0. The Balaban J connectivity index is 1.84. The van der Waals surface area contributed by atoms with E-state index in [-0.39, 0.29) is 18.7 Å². The number of carbonyl (C=O) groups excluding carboxylic acids is 1. The van der Waals surface area contributed by atoms with Gasteiger partial charge in [0.25, 0.3) is 5.56 Å². The largest absolute Gasteiger partial charge is 0.463 e. The lowest BCUT2D eigenvalue weighted by atomic mass is 9.81. The van der Waals surface area contributed by atoms with Crippen molar-refractivity contribution in [3.8, 4) is 0 Å². The minimum absolute atomic E-state index is 0.149. The van der Waals surface area contributed by atoms with E-state index in [4.69, 9.17) is 9.47 Å². The summed E-state index contributed by atoms with van der Waals surface area (Å²) in [6, 6.07) is 1.29. The number of aromatic nitrogens is 2. The number of H-pyrrole nitrogens is 1. The molecule has 2 N–H and O–H groups in total. The van der Waals surface area contributed by atoms with Crippen LogP contribution in [0.4, 0.5) is 0 Å². The summed E-state index contributed by atoms with van der Waals surface area (Å²) in [4.78, 5) is 37.2. The van der Waals surface area contributed by atoms with Crippen molar-refractivity contribution in [1.29, 1.82) is 0 Å². The Labute approximate surface area is 140 Å². The summed E-state index contributed by atoms with van der Waals surface area (Å²) in [6.45, 7) is 4.07. The molecule has 1 aromatic rings. The van der Waals surface area contributed by atoms with Gasteiger partial charge in [0.2, 0.25) is 0 Å². The lowest BCUT2D eigenvalue weighted by Gasteiger charge is -2.32. The maximum absolute atomic E-state index is 12.3. The van der Waals surface area contributed by atoms with Crippen LogP contribution in [0.1, 0.15) is 26.2 Å². The van der Waals surface area contributed by atoms with Crippen LogP contribution in [0.25, 0.3) is 0 Å². The summed E-state index contributed by atoms with van der Waals surface area (Å²) in [7, 11) is 1.54. The Kier molecular flexibility index (Phi) is 6.33. The van der Waals surface area contributed by atoms with Crippen molar-refractivity contribution < 1.29 is 14.3 Å². The molecule has 0 spiro atoms. The highest BCUT2D eigenvalue weighted by molar-refractivity contribution is 5.76. The monoisotopic (exact) mass is 339 g/mol. The first kappa shape index (κ1) is 18.4. The number of aryl methyl sites for hydroxylation is 1. The molecule has 0 amide bonds. The number of esters is 1. The SMILES string of the molecule is COC(CCn1ccc(=O)[nH]c1=O)COC(=O)C1(C)CCNCC1. The highest BCUT2D eigenvalue weighted by atomic mass is 16.6. The molecule has 0 radical (unpaired) electrons. The van der Waals surface area contributed by atoms with Crippen molar-refractivity contribution in [2.75, 3.05) is 26.8 Å². The Bertz CT molecular complexity index is 660. The van der Waals surface area contributed by atoms with Crippen LogP contribution in [0.2, 0.25) is 0 Å². The minimum atomic E-state index is -0.462. The highest BCUT2D eigenvalue weighted by Gasteiger charge is 2.36. The molecule has 1 aliphatic rings. The molecule has 0 bridgehead atoms. The molecule has 1 fully saturated rings. The molecule has 0 aliphatic carbocycles. The van der Waals surface area contributed by atoms with E-state index in [0.717, 1.165) is 25.9 Å². The molecule has 1 unspecified atom stereocenters. The zero-order chi connectivity index (χ0) is 17.6. The third kappa shape index (κ3) is 4.78. The topological polar surface area (TPSA) is 102 Å². The normalized spacial score (nSPS) is 18.1. The van der Waals surface area contributed by atoms with Gasteiger partial charge < -0.3 is 19.4 Å². The number of piperidine rings is 1. The van der Waals surface area contributed by atoms with Crippen molar-refractivity contribution in [3.05, 3.63) is 33.1 Å². The lowest BCUT2D eigenvalue weighted by molar-refractivity contribution is -0.160. The van der Waals surface area contributed by atoms with Crippen molar-refractivity contribution in [2.24, 2.45) is 5.41 Å². The Morgan fingerprint density at radius 3 is 2.71 bits per heavy atom. The third-order valence-corrected chi connectivity index (χ3v) is 4.52. The van der Waals surface area contributed by atoms with Crippen LogP contribution in [0, 0.1) is 5.41 Å². The van der Waals surface area contributed by atoms with Crippen LogP contribution in [-0.4, -0.2) is 48.4 Å². The van der Waals surface area contributed by atoms with Gasteiger partial charge in [-0.3, -0.25) is 14.6 Å². The summed E-state index contributed by atoms with van der Waals surface area (Å²) in [5.41, 5.74) is -1.33. The van der Waals surface area contributed by atoms with Gasteiger partial charge >= 0.3 is 11.7 Å². The molecule has 1 atom stereocenters. The molecule has 8 heteroatoms. The first-order valence-corrected chi connectivity index (χ1v) is 8.15. The summed E-state index contributed by atoms with van der Waals surface area (Å²) in [6.07, 6.45) is 3.15. The molecule has 1 aliphatic heterocycles. The number of carbonyl (C=O) groups is 1. The Morgan fingerprint density at radius 2 is 2.08 bits per heavy atom. The number of methoxy groups -OCH3 is 1. The van der Waals surface area contributed by atoms with Crippen LogP contribution in [0.15, 0.2) is 21.9 Å². The predicted octanol–water partition coefficient (Wildman–Crippen LogP) is -0.125. The first-order valence-electron chi connectivity index (χ1n) is 8.15. The summed E-state index contributed by atoms with van der Waals surface area (Å²) in [5, 5.41) is 3.23. The maximum Gasteiger partial charge on any atom is 0.328 e. The number of nitrogens with one attached hydrogen (secondary N) is 2. The van der Waals surface area contributed by atoms with Crippen molar-refractivity contribution in [3.63, 3.8) is 0 Å². The number of nitrogens with zero attached hydrogens (tertiary/aromatic N) is 1. The molecule has 0 aromatic carbocycles. The highest BCUT2D eigenvalue weighted by Crippen LogP contribution is 2.29. The van der Waals surface area contributed by atoms with Crippen LogP contribution in [-0.2, 0) is 20.8 Å². The molecular formula is C16H25N3O5. The van der Waals surface area contributed by atoms with Crippen molar-refractivity contribution >= 4 is 5.97 Å². The summed E-state index contributed by atoms with van der Waals surface area (Å²) in [5.74, 6) is -0.202. The van der Waals surface area contributed by atoms with Gasteiger partial charge in [0.1, 0.15) is 6.61 Å². The second kappa shape index (κ2) is 8.25. The second-order valence-corrected chi connectivity index (χ2v) is 6.36. The van der Waals surface area contributed by atoms with E-state index in [1.807, 2.05) is 6.92 Å². The number of aromatic amines is 1. The number of hydrogen-bond acceptors (Lipinski definition) is 6. The Hall–Kier alpha value is -1.93. The Morgan fingerprint density at radius 1 is 1.38 bits per heavy atom. The van der Waals surface area contributed by atoms with E-state index < -0.39 is 16.7 Å². The molecule has 134 valence electrons. The zero-order valence-electron chi connectivity index (χ0n) is 14.2. The van der Waals surface area contributed by atoms with E-state index in [9.17, 15) is 14.4 Å². The average Bonchev–Trinajstić information content (AvgIpc) is 2.57. The number of rotatable bonds is 7. The van der Waals surface area contributed by atoms with Crippen LogP contribution >= 0.6 is 0 Å². The summed E-state index contributed by atoms with van der Waals surface area (Å²) < 4.78 is 12.2. The van der Waals surface area contributed by atoms with Gasteiger partial charge in [0.15, 0.2) is 0 Å². The minimum Gasteiger partial charge on any atom is -0.463 e. The molecule has 1 saturated heterocycles. The van der Waals surface area contributed by atoms with Gasteiger partial charge in [-0.1, -0.05) is 0 Å². The number of hydrogen-bond donors (Lipinski definition) is 2. The van der Waals surface area contributed by atoms with Gasteiger partial charge in [-0.05, 0) is 39.3 Å². The van der Waals surface area contributed by atoms with Crippen LogP contribution < -0.4 is 16.6 Å². The van der Waals surface area contributed by atoms with E-state index in [0.29, 0.717) is 13.0 Å². The van der Waals surface area contributed by atoms with E-state index in [1.54, 1.807) is 7.11 Å². The number of ether oxygens (including phenoxy) is 2. The van der Waals surface area contributed by atoms with Gasteiger partial charge in [0.05, 0.1) is 11.5 Å². The first-order chi connectivity index (χ1) is 11.4. The fraction of sp³-hybridized carbons (Fsp3) is 0.688. The molecule has 1 aromatic heterocycles.